The largest absolute Gasteiger partial charge is 0.404 e. The van der Waals surface area contributed by atoms with E-state index in [1.165, 1.54) is 25.1 Å². The molecule has 0 heterocycles. The molecule has 0 aliphatic carbocycles. The van der Waals surface area contributed by atoms with E-state index >= 15 is 0 Å². The van der Waals surface area contributed by atoms with Gasteiger partial charge in [-0.25, -0.2) is 0 Å². The number of carbonyl (C=O) groups excluding carboxylic acids is 1. The number of aliphatic hydroxyl groups excluding tert-OH is 1. The molecular formula is C16H25NO5Si. The van der Waals surface area contributed by atoms with E-state index in [-0.39, 0.29) is 16.5 Å². The number of ketones is 1. The summed E-state index contributed by atoms with van der Waals surface area (Å²) in [6.07, 6.45) is -2.26. The molecule has 0 fully saturated rings. The molecule has 0 saturated heterocycles. The lowest BCUT2D eigenvalue weighted by molar-refractivity contribution is -0.385. The van der Waals surface area contributed by atoms with Crippen molar-refractivity contribution >= 4 is 19.8 Å². The van der Waals surface area contributed by atoms with Crippen LogP contribution in [0.3, 0.4) is 0 Å². The number of nitro groups is 1. The third kappa shape index (κ3) is 4.70. The highest BCUT2D eigenvalue weighted by atomic mass is 28.4. The second-order valence-corrected chi connectivity index (χ2v) is 12.0. The van der Waals surface area contributed by atoms with Crippen molar-refractivity contribution in [3.05, 3.63) is 39.9 Å². The number of carbonyl (C=O) groups is 1. The Labute approximate surface area is 137 Å². The van der Waals surface area contributed by atoms with E-state index in [0.717, 1.165) is 0 Å². The Balaban J connectivity index is 3.14. The number of nitro benzene ring substituents is 1. The highest BCUT2D eigenvalue weighted by Crippen LogP contribution is 2.39. The minimum Gasteiger partial charge on any atom is -0.404 e. The molecule has 1 N–H and O–H groups in total. The van der Waals surface area contributed by atoms with Crippen molar-refractivity contribution in [1.82, 2.24) is 0 Å². The maximum atomic E-state index is 12.0. The van der Waals surface area contributed by atoms with Crippen LogP contribution in [0.4, 0.5) is 5.69 Å². The van der Waals surface area contributed by atoms with Crippen molar-refractivity contribution in [2.24, 2.45) is 0 Å². The van der Waals surface area contributed by atoms with Crippen molar-refractivity contribution < 1.29 is 19.3 Å². The summed E-state index contributed by atoms with van der Waals surface area (Å²) in [6.45, 7) is 11.5. The summed E-state index contributed by atoms with van der Waals surface area (Å²) < 4.78 is 6.05. The molecule has 7 heteroatoms. The molecular weight excluding hydrogens is 314 g/mol. The quantitative estimate of drug-likeness (QED) is 0.486. The molecule has 0 aliphatic rings. The van der Waals surface area contributed by atoms with E-state index < -0.39 is 25.4 Å². The Bertz CT molecular complexity index is 594. The third-order valence-electron chi connectivity index (χ3n) is 4.34. The van der Waals surface area contributed by atoms with E-state index in [2.05, 4.69) is 0 Å². The molecule has 0 radical (unpaired) electrons. The van der Waals surface area contributed by atoms with Gasteiger partial charge in [0.25, 0.3) is 5.69 Å². The van der Waals surface area contributed by atoms with Crippen LogP contribution in [0.15, 0.2) is 24.3 Å². The van der Waals surface area contributed by atoms with Crippen LogP contribution in [0, 0.1) is 10.1 Å². The third-order valence-corrected chi connectivity index (χ3v) is 8.79. The molecule has 0 aliphatic heterocycles. The van der Waals surface area contributed by atoms with E-state index in [9.17, 15) is 20.0 Å². The molecule has 1 aromatic rings. The van der Waals surface area contributed by atoms with Crippen LogP contribution in [0.25, 0.3) is 0 Å². The van der Waals surface area contributed by atoms with Crippen molar-refractivity contribution in [1.29, 1.82) is 0 Å². The van der Waals surface area contributed by atoms with E-state index in [1.807, 2.05) is 33.9 Å². The zero-order valence-electron chi connectivity index (χ0n) is 14.5. The Morgan fingerprint density at radius 1 is 1.35 bits per heavy atom. The predicted octanol–water partition coefficient (Wildman–Crippen LogP) is 3.61. The molecule has 0 spiro atoms. The fraction of sp³-hybridized carbons (Fsp3) is 0.562. The zero-order chi connectivity index (χ0) is 18.0. The van der Waals surface area contributed by atoms with Crippen LogP contribution in [0.5, 0.6) is 0 Å². The molecule has 0 amide bonds. The highest BCUT2D eigenvalue weighted by molar-refractivity contribution is 6.74. The number of non-ortho nitro benzene ring substituents is 1. The molecule has 0 unspecified atom stereocenters. The zero-order valence-corrected chi connectivity index (χ0v) is 15.5. The topological polar surface area (TPSA) is 89.7 Å². The van der Waals surface area contributed by atoms with Gasteiger partial charge >= 0.3 is 0 Å². The number of Topliss-reactive ketones (excluding diaryl/α,β-unsaturated/α-hetero) is 1. The van der Waals surface area contributed by atoms with Gasteiger partial charge < -0.3 is 9.53 Å². The van der Waals surface area contributed by atoms with E-state index in [4.69, 9.17) is 4.43 Å². The van der Waals surface area contributed by atoms with Crippen LogP contribution in [-0.2, 0) is 9.22 Å². The number of nitrogens with zero attached hydrogens (tertiary/aromatic N) is 1. The van der Waals surface area contributed by atoms with Gasteiger partial charge in [-0.2, -0.15) is 0 Å². The van der Waals surface area contributed by atoms with Gasteiger partial charge in [-0.3, -0.25) is 14.9 Å². The average Bonchev–Trinajstić information content (AvgIpc) is 2.42. The summed E-state index contributed by atoms with van der Waals surface area (Å²) in [7, 11) is -2.28. The van der Waals surface area contributed by atoms with Crippen LogP contribution in [0.1, 0.15) is 39.4 Å². The number of rotatable bonds is 6. The van der Waals surface area contributed by atoms with Crippen molar-refractivity contribution in [3.63, 3.8) is 0 Å². The molecule has 2 atom stereocenters. The maximum absolute atomic E-state index is 12.0. The van der Waals surface area contributed by atoms with Crippen LogP contribution < -0.4 is 0 Å². The van der Waals surface area contributed by atoms with Gasteiger partial charge in [-0.15, -0.1) is 0 Å². The van der Waals surface area contributed by atoms with E-state index in [1.54, 1.807) is 6.07 Å². The lowest BCUT2D eigenvalue weighted by Gasteiger charge is -2.39. The van der Waals surface area contributed by atoms with Gasteiger partial charge in [0.1, 0.15) is 12.2 Å². The van der Waals surface area contributed by atoms with Gasteiger partial charge in [-0.1, -0.05) is 32.9 Å². The lowest BCUT2D eigenvalue weighted by Crippen LogP contribution is -2.47. The van der Waals surface area contributed by atoms with E-state index in [0.29, 0.717) is 5.56 Å². The normalized spacial score (nSPS) is 15.1. The first-order valence-corrected chi connectivity index (χ1v) is 10.4. The van der Waals surface area contributed by atoms with Crippen LogP contribution in [-0.4, -0.2) is 30.2 Å². The van der Waals surface area contributed by atoms with Crippen molar-refractivity contribution in [2.75, 3.05) is 0 Å². The molecule has 0 aromatic heterocycles. The predicted molar refractivity (Wildman–Crippen MR) is 90.8 cm³/mol. The van der Waals surface area contributed by atoms with Gasteiger partial charge in [-0.05, 0) is 30.6 Å². The van der Waals surface area contributed by atoms with Crippen molar-refractivity contribution in [3.8, 4) is 0 Å². The minimum atomic E-state index is -2.28. The number of benzene rings is 1. The second-order valence-electron chi connectivity index (χ2n) is 7.21. The molecule has 1 rings (SSSR count). The molecule has 6 nitrogen and oxygen atoms in total. The smallest absolute Gasteiger partial charge is 0.269 e. The average molecular weight is 339 g/mol. The summed E-state index contributed by atoms with van der Waals surface area (Å²) in [6, 6.07) is 5.66. The fourth-order valence-corrected chi connectivity index (χ4v) is 3.14. The Kier molecular flexibility index (Phi) is 5.84. The molecule has 23 heavy (non-hydrogen) atoms. The maximum Gasteiger partial charge on any atom is 0.269 e. The number of hydrogen-bond acceptors (Lipinski definition) is 5. The van der Waals surface area contributed by atoms with Gasteiger partial charge in [0.15, 0.2) is 14.1 Å². The Morgan fingerprint density at radius 3 is 2.35 bits per heavy atom. The summed E-state index contributed by atoms with van der Waals surface area (Å²) >= 11 is 0. The molecule has 0 bridgehead atoms. The molecule has 1 aromatic carbocycles. The van der Waals surface area contributed by atoms with Gasteiger partial charge in [0, 0.05) is 12.1 Å². The molecule has 128 valence electrons. The monoisotopic (exact) mass is 339 g/mol. The summed E-state index contributed by atoms with van der Waals surface area (Å²) in [5.74, 6) is -0.297. The van der Waals surface area contributed by atoms with Crippen LogP contribution >= 0.6 is 0 Å². The Morgan fingerprint density at radius 2 is 1.91 bits per heavy atom. The Hall–Kier alpha value is -1.57. The number of aliphatic hydroxyl groups is 1. The van der Waals surface area contributed by atoms with Crippen LogP contribution in [0.2, 0.25) is 18.1 Å². The highest BCUT2D eigenvalue weighted by Gasteiger charge is 2.42. The first-order valence-electron chi connectivity index (χ1n) is 7.47. The minimum absolute atomic E-state index is 0.122. The lowest BCUT2D eigenvalue weighted by atomic mass is 10.0. The first-order chi connectivity index (χ1) is 10.4. The van der Waals surface area contributed by atoms with Crippen molar-refractivity contribution in [2.45, 2.75) is 58.0 Å². The van der Waals surface area contributed by atoms with Gasteiger partial charge in [0.05, 0.1) is 4.92 Å². The molecule has 0 saturated carbocycles. The summed E-state index contributed by atoms with van der Waals surface area (Å²) in [5.41, 5.74) is 0.175. The second kappa shape index (κ2) is 6.90. The van der Waals surface area contributed by atoms with Gasteiger partial charge in [0.2, 0.25) is 0 Å². The summed E-state index contributed by atoms with van der Waals surface area (Å²) in [4.78, 5) is 22.3. The standard InChI is InChI=1S/C16H25NO5Si/c1-11(18)15(22-23(5,6)16(2,3)4)14(19)12-8-7-9-13(10-12)17(20)21/h7-10,14-15,19H,1-6H3/t14-,15-/m0/s1. The SMILES string of the molecule is CC(=O)[C@H](O[Si](C)(C)C(C)(C)C)[C@@H](O)c1cccc([N+](=O)[O-])c1. The summed E-state index contributed by atoms with van der Waals surface area (Å²) in [5, 5.41) is 21.3. The fourth-order valence-electron chi connectivity index (χ4n) is 1.86. The first kappa shape index (κ1) is 19.5. The number of hydrogen-bond donors (Lipinski definition) is 1.